The van der Waals surface area contributed by atoms with Gasteiger partial charge in [0.05, 0.1) is 0 Å². The molecule has 0 saturated carbocycles. The van der Waals surface area contributed by atoms with Gasteiger partial charge in [-0.15, -0.1) is 0 Å². The molecule has 0 aliphatic heterocycles. The van der Waals surface area contributed by atoms with E-state index in [1.165, 1.54) is 0 Å². The summed E-state index contributed by atoms with van der Waals surface area (Å²) < 4.78 is 0. The van der Waals surface area contributed by atoms with Crippen LogP contribution in [0.15, 0.2) is 0 Å². The molecule has 4 heteroatoms. The van der Waals surface area contributed by atoms with E-state index in [2.05, 4.69) is 0 Å². The standard InChI is InChI=1S/C6H12O3.H2O/c7-5-3-1-2-4-6(8)9;/h7H,1-5H2,(H,8,9);1H2. The van der Waals surface area contributed by atoms with Gasteiger partial charge >= 0.3 is 5.97 Å². The number of rotatable bonds is 5. The zero-order valence-electron chi connectivity index (χ0n) is 5.84. The van der Waals surface area contributed by atoms with E-state index in [1.807, 2.05) is 0 Å². The van der Waals surface area contributed by atoms with Crippen LogP contribution in [0.25, 0.3) is 0 Å². The predicted octanol–water partition coefficient (Wildman–Crippen LogP) is -0.201. The molecular weight excluding hydrogens is 136 g/mol. The molecule has 0 fully saturated rings. The molecule has 0 aromatic rings. The Hall–Kier alpha value is -0.610. The van der Waals surface area contributed by atoms with Gasteiger partial charge in [-0.25, -0.2) is 0 Å². The molecule has 10 heavy (non-hydrogen) atoms. The highest BCUT2D eigenvalue weighted by atomic mass is 16.4. The highest BCUT2D eigenvalue weighted by Crippen LogP contribution is 1.97. The van der Waals surface area contributed by atoms with Crippen molar-refractivity contribution >= 4 is 5.97 Å². The summed E-state index contributed by atoms with van der Waals surface area (Å²) in [6, 6.07) is 0. The van der Waals surface area contributed by atoms with Crippen molar-refractivity contribution in [3.63, 3.8) is 0 Å². The lowest BCUT2D eigenvalue weighted by atomic mass is 10.2. The summed E-state index contributed by atoms with van der Waals surface area (Å²) in [5.41, 5.74) is 0. The van der Waals surface area contributed by atoms with Gasteiger partial charge in [0.2, 0.25) is 0 Å². The smallest absolute Gasteiger partial charge is 0.303 e. The van der Waals surface area contributed by atoms with Gasteiger partial charge in [0.25, 0.3) is 0 Å². The fourth-order valence-electron chi connectivity index (χ4n) is 0.565. The quantitative estimate of drug-likeness (QED) is 0.532. The Labute approximate surface area is 59.8 Å². The minimum Gasteiger partial charge on any atom is -0.481 e. The third kappa shape index (κ3) is 10.4. The Balaban J connectivity index is 0. The van der Waals surface area contributed by atoms with Crippen LogP contribution in [0.1, 0.15) is 25.7 Å². The number of carbonyl (C=O) groups is 1. The Morgan fingerprint density at radius 2 is 1.80 bits per heavy atom. The van der Waals surface area contributed by atoms with Crippen molar-refractivity contribution in [3.8, 4) is 0 Å². The average Bonchev–Trinajstić information content (AvgIpc) is 1.80. The largest absolute Gasteiger partial charge is 0.481 e. The maximum absolute atomic E-state index is 9.90. The first-order chi connectivity index (χ1) is 4.27. The molecule has 0 aliphatic carbocycles. The van der Waals surface area contributed by atoms with Gasteiger partial charge in [0.15, 0.2) is 0 Å². The van der Waals surface area contributed by atoms with Crippen LogP contribution < -0.4 is 0 Å². The third-order valence-corrected chi connectivity index (χ3v) is 1.05. The Morgan fingerprint density at radius 1 is 1.20 bits per heavy atom. The van der Waals surface area contributed by atoms with Crippen LogP contribution in [0.3, 0.4) is 0 Å². The molecule has 0 bridgehead atoms. The SMILES string of the molecule is O.O=C(O)CCCCCO. The molecule has 4 nitrogen and oxygen atoms in total. The molecule has 0 aliphatic rings. The summed E-state index contributed by atoms with van der Waals surface area (Å²) in [7, 11) is 0. The normalized spacial score (nSPS) is 8.50. The third-order valence-electron chi connectivity index (χ3n) is 1.05. The van der Waals surface area contributed by atoms with Gasteiger partial charge in [-0.1, -0.05) is 6.42 Å². The molecule has 0 amide bonds. The lowest BCUT2D eigenvalue weighted by Gasteiger charge is -1.92. The van der Waals surface area contributed by atoms with E-state index in [1.54, 1.807) is 0 Å². The van der Waals surface area contributed by atoms with Crippen LogP contribution in [0.5, 0.6) is 0 Å². The van der Waals surface area contributed by atoms with Crippen LogP contribution in [0.2, 0.25) is 0 Å². The topological polar surface area (TPSA) is 89.0 Å². The minimum atomic E-state index is -0.757. The lowest BCUT2D eigenvalue weighted by Crippen LogP contribution is -1.94. The van der Waals surface area contributed by atoms with E-state index in [4.69, 9.17) is 10.2 Å². The Kier molecular flexibility index (Phi) is 10.2. The molecule has 0 radical (unpaired) electrons. The zero-order chi connectivity index (χ0) is 7.11. The molecule has 0 rings (SSSR count). The number of hydrogen-bond acceptors (Lipinski definition) is 2. The molecule has 0 unspecified atom stereocenters. The van der Waals surface area contributed by atoms with Gasteiger partial charge in [-0.05, 0) is 12.8 Å². The first-order valence-corrected chi connectivity index (χ1v) is 3.10. The molecule has 0 spiro atoms. The van der Waals surface area contributed by atoms with Gasteiger partial charge in [0.1, 0.15) is 0 Å². The summed E-state index contributed by atoms with van der Waals surface area (Å²) in [4.78, 5) is 9.90. The maximum Gasteiger partial charge on any atom is 0.303 e. The molecule has 0 saturated heterocycles. The summed E-state index contributed by atoms with van der Waals surface area (Å²) in [5.74, 6) is -0.757. The van der Waals surface area contributed by atoms with Crippen molar-refractivity contribution in [3.05, 3.63) is 0 Å². The van der Waals surface area contributed by atoms with Gasteiger partial charge < -0.3 is 15.7 Å². The number of aliphatic hydroxyl groups excluding tert-OH is 1. The average molecular weight is 150 g/mol. The lowest BCUT2D eigenvalue weighted by molar-refractivity contribution is -0.137. The van der Waals surface area contributed by atoms with E-state index in [0.717, 1.165) is 6.42 Å². The summed E-state index contributed by atoms with van der Waals surface area (Å²) >= 11 is 0. The van der Waals surface area contributed by atoms with E-state index in [9.17, 15) is 4.79 Å². The number of hydrogen-bond donors (Lipinski definition) is 2. The van der Waals surface area contributed by atoms with Gasteiger partial charge in [-0.2, -0.15) is 0 Å². The first kappa shape index (κ1) is 12.1. The minimum absolute atomic E-state index is 0. The molecule has 0 heterocycles. The molecular formula is C6H14O4. The van der Waals surface area contributed by atoms with Crippen molar-refractivity contribution < 1.29 is 20.5 Å². The van der Waals surface area contributed by atoms with E-state index in [-0.39, 0.29) is 18.5 Å². The van der Waals surface area contributed by atoms with E-state index >= 15 is 0 Å². The second-order valence-corrected chi connectivity index (χ2v) is 1.93. The Bertz CT molecular complexity index is 81.8. The number of aliphatic carboxylic acids is 1. The second-order valence-electron chi connectivity index (χ2n) is 1.93. The van der Waals surface area contributed by atoms with E-state index < -0.39 is 5.97 Å². The molecule has 0 aromatic carbocycles. The highest BCUT2D eigenvalue weighted by molar-refractivity contribution is 5.66. The molecule has 0 atom stereocenters. The maximum atomic E-state index is 9.90. The summed E-state index contributed by atoms with van der Waals surface area (Å²) in [6.07, 6.45) is 2.42. The van der Waals surface area contributed by atoms with Crippen molar-refractivity contribution in [2.24, 2.45) is 0 Å². The molecule has 0 aromatic heterocycles. The number of carboxylic acids is 1. The van der Waals surface area contributed by atoms with Crippen molar-refractivity contribution in [2.45, 2.75) is 25.7 Å². The van der Waals surface area contributed by atoms with Gasteiger partial charge in [-0.3, -0.25) is 4.79 Å². The monoisotopic (exact) mass is 150 g/mol. The van der Waals surface area contributed by atoms with Crippen LogP contribution in [0, 0.1) is 0 Å². The van der Waals surface area contributed by atoms with Crippen molar-refractivity contribution in [2.75, 3.05) is 6.61 Å². The Morgan fingerprint density at radius 3 is 2.20 bits per heavy atom. The molecule has 62 valence electrons. The number of unbranched alkanes of at least 4 members (excludes halogenated alkanes) is 2. The molecule has 4 N–H and O–H groups in total. The number of aliphatic hydroxyl groups is 1. The van der Waals surface area contributed by atoms with E-state index in [0.29, 0.717) is 12.8 Å². The van der Waals surface area contributed by atoms with Crippen LogP contribution in [0.4, 0.5) is 0 Å². The van der Waals surface area contributed by atoms with Crippen LogP contribution >= 0.6 is 0 Å². The van der Waals surface area contributed by atoms with Crippen LogP contribution in [-0.4, -0.2) is 28.3 Å². The number of carboxylic acid groups (broad SMARTS) is 1. The first-order valence-electron chi connectivity index (χ1n) is 3.10. The van der Waals surface area contributed by atoms with Crippen molar-refractivity contribution in [1.82, 2.24) is 0 Å². The predicted molar refractivity (Wildman–Crippen MR) is 36.8 cm³/mol. The summed E-state index contributed by atoms with van der Waals surface area (Å²) in [6.45, 7) is 0.166. The van der Waals surface area contributed by atoms with Gasteiger partial charge in [0, 0.05) is 13.0 Å². The summed E-state index contributed by atoms with van der Waals surface area (Å²) in [5, 5.41) is 16.4. The fraction of sp³-hybridized carbons (Fsp3) is 0.833. The highest BCUT2D eigenvalue weighted by Gasteiger charge is 1.94. The van der Waals surface area contributed by atoms with Crippen LogP contribution in [-0.2, 0) is 4.79 Å². The zero-order valence-corrected chi connectivity index (χ0v) is 5.84. The second kappa shape index (κ2) is 8.39. The van der Waals surface area contributed by atoms with Crippen molar-refractivity contribution in [1.29, 1.82) is 0 Å². The fourth-order valence-corrected chi connectivity index (χ4v) is 0.565.